The van der Waals surface area contributed by atoms with Gasteiger partial charge in [0.2, 0.25) is 5.69 Å². The third kappa shape index (κ3) is 2.13. The lowest BCUT2D eigenvalue weighted by atomic mass is 10.3. The Morgan fingerprint density at radius 2 is 2.40 bits per heavy atom. The van der Waals surface area contributed by atoms with Crippen LogP contribution in [0.15, 0.2) is 4.63 Å². The standard InChI is InChI=1S/C8H11N3O4/c12-5-1-2-11(3-5)4-6-7(8(13)14)10-15-9-6/h5,12H,1-4H2,(H,13,14). The van der Waals surface area contributed by atoms with Crippen molar-refractivity contribution in [3.63, 3.8) is 0 Å². The molecule has 0 spiro atoms. The van der Waals surface area contributed by atoms with Crippen molar-refractivity contribution in [1.82, 2.24) is 15.2 Å². The fraction of sp³-hybridized carbons (Fsp3) is 0.625. The van der Waals surface area contributed by atoms with Gasteiger partial charge in [0.05, 0.1) is 6.10 Å². The number of hydrogen-bond donors (Lipinski definition) is 2. The van der Waals surface area contributed by atoms with Gasteiger partial charge in [0.15, 0.2) is 0 Å². The van der Waals surface area contributed by atoms with Gasteiger partial charge in [0.25, 0.3) is 0 Å². The van der Waals surface area contributed by atoms with Crippen molar-refractivity contribution in [1.29, 1.82) is 0 Å². The predicted octanol–water partition coefficient (Wildman–Crippen LogP) is -0.666. The minimum absolute atomic E-state index is 0.156. The van der Waals surface area contributed by atoms with E-state index in [0.717, 1.165) is 6.54 Å². The zero-order valence-corrected chi connectivity index (χ0v) is 7.96. The maximum absolute atomic E-state index is 10.7. The Morgan fingerprint density at radius 3 is 3.00 bits per heavy atom. The Balaban J connectivity index is 2.04. The number of carbonyl (C=O) groups is 1. The van der Waals surface area contributed by atoms with Crippen LogP contribution in [0.4, 0.5) is 0 Å². The van der Waals surface area contributed by atoms with Crippen molar-refractivity contribution in [2.45, 2.75) is 19.1 Å². The number of aromatic carboxylic acids is 1. The van der Waals surface area contributed by atoms with Gasteiger partial charge in [-0.1, -0.05) is 5.16 Å². The van der Waals surface area contributed by atoms with Crippen LogP contribution in [0.2, 0.25) is 0 Å². The lowest BCUT2D eigenvalue weighted by molar-refractivity contribution is 0.0683. The van der Waals surface area contributed by atoms with Crippen LogP contribution in [0.1, 0.15) is 22.6 Å². The summed E-state index contributed by atoms with van der Waals surface area (Å²) >= 11 is 0. The SMILES string of the molecule is O=C(O)c1nonc1CN1CCC(O)C1. The third-order valence-corrected chi connectivity index (χ3v) is 2.38. The summed E-state index contributed by atoms with van der Waals surface area (Å²) in [4.78, 5) is 12.6. The van der Waals surface area contributed by atoms with Crippen LogP contribution in [0.5, 0.6) is 0 Å². The Kier molecular flexibility index (Phi) is 2.65. The minimum Gasteiger partial charge on any atom is -0.476 e. The molecule has 1 aliphatic heterocycles. The Labute approximate surface area is 85.3 Å². The van der Waals surface area contributed by atoms with Crippen LogP contribution in [-0.4, -0.2) is 50.6 Å². The normalized spacial score (nSPS) is 22.1. The second kappa shape index (κ2) is 3.95. The Bertz CT molecular complexity index is 365. The molecule has 0 saturated carbocycles. The third-order valence-electron chi connectivity index (χ3n) is 2.38. The molecule has 82 valence electrons. The highest BCUT2D eigenvalue weighted by Crippen LogP contribution is 2.13. The zero-order chi connectivity index (χ0) is 10.8. The van der Waals surface area contributed by atoms with Gasteiger partial charge in [-0.25, -0.2) is 9.42 Å². The molecular weight excluding hydrogens is 202 g/mol. The van der Waals surface area contributed by atoms with E-state index in [1.165, 1.54) is 0 Å². The summed E-state index contributed by atoms with van der Waals surface area (Å²) in [5.41, 5.74) is 0.146. The number of aliphatic hydroxyl groups is 1. The molecule has 1 unspecified atom stereocenters. The van der Waals surface area contributed by atoms with E-state index in [1.54, 1.807) is 0 Å². The summed E-state index contributed by atoms with van der Waals surface area (Å²) in [6.07, 6.45) is 0.367. The fourth-order valence-electron chi connectivity index (χ4n) is 1.64. The molecule has 0 aliphatic carbocycles. The summed E-state index contributed by atoms with van der Waals surface area (Å²) in [6, 6.07) is 0. The van der Waals surface area contributed by atoms with E-state index in [0.29, 0.717) is 25.2 Å². The molecule has 15 heavy (non-hydrogen) atoms. The number of carboxylic acids is 1. The summed E-state index contributed by atoms with van der Waals surface area (Å²) < 4.78 is 4.37. The van der Waals surface area contributed by atoms with Crippen molar-refractivity contribution < 1.29 is 19.6 Å². The second-order valence-electron chi connectivity index (χ2n) is 3.54. The van der Waals surface area contributed by atoms with E-state index < -0.39 is 5.97 Å². The van der Waals surface area contributed by atoms with Gasteiger partial charge in [-0.3, -0.25) is 4.90 Å². The number of nitrogens with zero attached hydrogens (tertiary/aromatic N) is 3. The molecule has 0 bridgehead atoms. The van der Waals surface area contributed by atoms with Gasteiger partial charge in [-0.15, -0.1) is 0 Å². The highest BCUT2D eigenvalue weighted by atomic mass is 16.6. The molecular formula is C8H11N3O4. The van der Waals surface area contributed by atoms with Crippen molar-refractivity contribution in [2.75, 3.05) is 13.1 Å². The first-order valence-electron chi connectivity index (χ1n) is 4.62. The van der Waals surface area contributed by atoms with E-state index in [4.69, 9.17) is 5.11 Å². The smallest absolute Gasteiger partial charge is 0.360 e. The monoisotopic (exact) mass is 213 g/mol. The van der Waals surface area contributed by atoms with E-state index in [9.17, 15) is 9.90 Å². The number of carboxylic acid groups (broad SMARTS) is 1. The molecule has 0 aromatic carbocycles. The first-order chi connectivity index (χ1) is 7.16. The molecule has 2 N–H and O–H groups in total. The van der Waals surface area contributed by atoms with Crippen molar-refractivity contribution >= 4 is 5.97 Å². The van der Waals surface area contributed by atoms with Crippen LogP contribution < -0.4 is 0 Å². The molecule has 1 aliphatic rings. The van der Waals surface area contributed by atoms with E-state index >= 15 is 0 Å². The minimum atomic E-state index is -1.15. The highest BCUT2D eigenvalue weighted by Gasteiger charge is 2.24. The molecule has 1 saturated heterocycles. The average molecular weight is 213 g/mol. The zero-order valence-electron chi connectivity index (χ0n) is 7.96. The van der Waals surface area contributed by atoms with Gasteiger partial charge in [-0.2, -0.15) is 0 Å². The summed E-state index contributed by atoms with van der Waals surface area (Å²) in [7, 11) is 0. The number of aliphatic hydroxyl groups excluding tert-OH is 1. The van der Waals surface area contributed by atoms with Gasteiger partial charge >= 0.3 is 5.97 Å². The van der Waals surface area contributed by atoms with Crippen LogP contribution >= 0.6 is 0 Å². The molecule has 1 aromatic rings. The quantitative estimate of drug-likeness (QED) is 0.687. The van der Waals surface area contributed by atoms with Crippen molar-refractivity contribution in [3.05, 3.63) is 11.4 Å². The first-order valence-corrected chi connectivity index (χ1v) is 4.62. The maximum Gasteiger partial charge on any atom is 0.360 e. The molecule has 0 amide bonds. The lowest BCUT2D eigenvalue weighted by Gasteiger charge is -2.11. The largest absolute Gasteiger partial charge is 0.476 e. The van der Waals surface area contributed by atoms with Crippen LogP contribution in [-0.2, 0) is 6.54 Å². The Morgan fingerprint density at radius 1 is 1.60 bits per heavy atom. The van der Waals surface area contributed by atoms with Crippen molar-refractivity contribution in [2.24, 2.45) is 0 Å². The maximum atomic E-state index is 10.7. The summed E-state index contributed by atoms with van der Waals surface area (Å²) in [5, 5.41) is 24.9. The van der Waals surface area contributed by atoms with Crippen LogP contribution in [0.25, 0.3) is 0 Å². The number of β-amino-alcohol motifs (C(OH)–C–C–N with tert-alkyl or cyclic N) is 1. The van der Waals surface area contributed by atoms with E-state index in [2.05, 4.69) is 14.9 Å². The predicted molar refractivity (Wildman–Crippen MR) is 47.2 cm³/mol. The second-order valence-corrected chi connectivity index (χ2v) is 3.54. The fourth-order valence-corrected chi connectivity index (χ4v) is 1.64. The van der Waals surface area contributed by atoms with Gasteiger partial charge in [0, 0.05) is 19.6 Å². The number of rotatable bonds is 3. The van der Waals surface area contributed by atoms with Crippen LogP contribution in [0.3, 0.4) is 0 Å². The van der Waals surface area contributed by atoms with E-state index in [1.807, 2.05) is 4.90 Å². The molecule has 2 heterocycles. The number of hydrogen-bond acceptors (Lipinski definition) is 6. The number of likely N-dealkylation sites (tertiary alicyclic amines) is 1. The molecule has 2 rings (SSSR count). The molecule has 7 heteroatoms. The van der Waals surface area contributed by atoms with Gasteiger partial charge in [-0.05, 0) is 11.6 Å². The van der Waals surface area contributed by atoms with E-state index in [-0.39, 0.29) is 11.8 Å². The van der Waals surface area contributed by atoms with Crippen molar-refractivity contribution in [3.8, 4) is 0 Å². The van der Waals surface area contributed by atoms with Gasteiger partial charge in [0.1, 0.15) is 5.69 Å². The van der Waals surface area contributed by atoms with Gasteiger partial charge < -0.3 is 10.2 Å². The molecule has 7 nitrogen and oxygen atoms in total. The number of aromatic nitrogens is 2. The topological polar surface area (TPSA) is 99.7 Å². The average Bonchev–Trinajstić information content (AvgIpc) is 2.75. The van der Waals surface area contributed by atoms with Crippen LogP contribution in [0, 0.1) is 0 Å². The molecule has 1 aromatic heterocycles. The summed E-state index contributed by atoms with van der Waals surface area (Å²) in [5.74, 6) is -1.15. The Hall–Kier alpha value is -1.47. The highest BCUT2D eigenvalue weighted by molar-refractivity contribution is 5.86. The lowest BCUT2D eigenvalue weighted by Crippen LogP contribution is -2.22. The first kappa shape index (κ1) is 10.1. The molecule has 0 radical (unpaired) electrons. The molecule has 1 fully saturated rings. The summed E-state index contributed by atoms with van der Waals surface area (Å²) in [6.45, 7) is 1.61. The molecule has 1 atom stereocenters.